The molecule has 1 atom stereocenters. The van der Waals surface area contributed by atoms with Crippen LogP contribution in [-0.2, 0) is 11.2 Å². The Morgan fingerprint density at radius 3 is 2.44 bits per heavy atom. The largest absolute Gasteiger partial charge is 0.342 e. The Kier molecular flexibility index (Phi) is 5.49. The average molecular weight is 360 g/mol. The molecule has 0 saturated carbocycles. The van der Waals surface area contributed by atoms with E-state index in [0.29, 0.717) is 23.7 Å². The lowest BCUT2D eigenvalue weighted by atomic mass is 9.89. The lowest BCUT2D eigenvalue weighted by Gasteiger charge is -2.32. The van der Waals surface area contributed by atoms with Crippen LogP contribution in [0.4, 0.5) is 4.39 Å². The van der Waals surface area contributed by atoms with Crippen molar-refractivity contribution in [2.75, 3.05) is 13.1 Å². The molecule has 1 heterocycles. The van der Waals surface area contributed by atoms with Gasteiger partial charge in [-0.3, -0.25) is 9.59 Å². The van der Waals surface area contributed by atoms with E-state index in [1.807, 2.05) is 0 Å². The molecule has 1 amide bonds. The topological polar surface area (TPSA) is 37.4 Å². The van der Waals surface area contributed by atoms with E-state index in [2.05, 4.69) is 0 Å². The van der Waals surface area contributed by atoms with Gasteiger partial charge in [-0.2, -0.15) is 0 Å². The number of amides is 1. The molecule has 1 unspecified atom stereocenters. The van der Waals surface area contributed by atoms with Crippen LogP contribution in [0.1, 0.15) is 28.8 Å². The highest BCUT2D eigenvalue weighted by Gasteiger charge is 2.28. The van der Waals surface area contributed by atoms with Crippen LogP contribution in [0.2, 0.25) is 5.02 Å². The molecule has 0 spiro atoms. The van der Waals surface area contributed by atoms with Gasteiger partial charge in [0.15, 0.2) is 5.78 Å². The summed E-state index contributed by atoms with van der Waals surface area (Å²) in [6, 6.07) is 12.8. The first-order chi connectivity index (χ1) is 12.0. The van der Waals surface area contributed by atoms with Crippen LogP contribution in [0.3, 0.4) is 0 Å². The summed E-state index contributed by atoms with van der Waals surface area (Å²) in [5, 5.41) is 0.594. The lowest BCUT2D eigenvalue weighted by Crippen LogP contribution is -2.43. The number of carbonyl (C=O) groups is 2. The highest BCUT2D eigenvalue weighted by molar-refractivity contribution is 6.30. The van der Waals surface area contributed by atoms with E-state index in [-0.39, 0.29) is 29.8 Å². The Bertz CT molecular complexity index is 758. The van der Waals surface area contributed by atoms with Crippen molar-refractivity contribution in [3.63, 3.8) is 0 Å². The Balaban J connectivity index is 1.63. The van der Waals surface area contributed by atoms with Crippen molar-refractivity contribution in [1.29, 1.82) is 0 Å². The SMILES string of the molecule is O=C(c1ccc(Cl)cc1)C1CCCN(C(=O)Cc2ccc(F)cc2)C1. The molecular weight excluding hydrogens is 341 g/mol. The van der Waals surface area contributed by atoms with Crippen molar-refractivity contribution in [3.8, 4) is 0 Å². The number of hydrogen-bond donors (Lipinski definition) is 0. The number of piperidine rings is 1. The predicted molar refractivity (Wildman–Crippen MR) is 95.2 cm³/mol. The molecule has 1 aliphatic rings. The summed E-state index contributed by atoms with van der Waals surface area (Å²) in [6.45, 7) is 1.09. The highest BCUT2D eigenvalue weighted by Crippen LogP contribution is 2.22. The standard InChI is InChI=1S/C20H19ClFNO2/c21-17-7-5-15(6-8-17)20(25)16-2-1-11-23(13-16)19(24)12-14-3-9-18(22)10-4-14/h3-10,16H,1-2,11-13H2. The molecule has 130 valence electrons. The molecule has 0 N–H and O–H groups in total. The molecule has 0 bridgehead atoms. The lowest BCUT2D eigenvalue weighted by molar-refractivity contribution is -0.131. The summed E-state index contributed by atoms with van der Waals surface area (Å²) in [7, 11) is 0. The van der Waals surface area contributed by atoms with Crippen LogP contribution in [0.5, 0.6) is 0 Å². The molecule has 2 aromatic rings. The zero-order valence-corrected chi connectivity index (χ0v) is 14.5. The Hall–Kier alpha value is -2.20. The second-order valence-electron chi connectivity index (χ2n) is 6.35. The molecule has 0 radical (unpaired) electrons. The van der Waals surface area contributed by atoms with Crippen molar-refractivity contribution in [2.45, 2.75) is 19.3 Å². The van der Waals surface area contributed by atoms with Gasteiger partial charge in [0, 0.05) is 29.6 Å². The van der Waals surface area contributed by atoms with Crippen LogP contribution >= 0.6 is 11.6 Å². The second-order valence-corrected chi connectivity index (χ2v) is 6.79. The van der Waals surface area contributed by atoms with E-state index in [4.69, 9.17) is 11.6 Å². The number of Topliss-reactive ketones (excluding diaryl/α,β-unsaturated/α-hetero) is 1. The Morgan fingerprint density at radius 2 is 1.76 bits per heavy atom. The van der Waals surface area contributed by atoms with Crippen molar-refractivity contribution >= 4 is 23.3 Å². The molecule has 25 heavy (non-hydrogen) atoms. The second kappa shape index (κ2) is 7.79. The first kappa shape index (κ1) is 17.6. The quantitative estimate of drug-likeness (QED) is 0.769. The average Bonchev–Trinajstić information content (AvgIpc) is 2.64. The van der Waals surface area contributed by atoms with Crippen molar-refractivity contribution in [2.24, 2.45) is 5.92 Å². The number of hydrogen-bond acceptors (Lipinski definition) is 2. The van der Waals surface area contributed by atoms with Gasteiger partial charge in [0.1, 0.15) is 5.82 Å². The fourth-order valence-electron chi connectivity index (χ4n) is 3.16. The first-order valence-electron chi connectivity index (χ1n) is 8.35. The zero-order valence-electron chi connectivity index (χ0n) is 13.8. The fraction of sp³-hybridized carbons (Fsp3) is 0.300. The number of nitrogens with zero attached hydrogens (tertiary/aromatic N) is 1. The third-order valence-electron chi connectivity index (χ3n) is 4.54. The minimum absolute atomic E-state index is 0.0276. The van der Waals surface area contributed by atoms with Gasteiger partial charge < -0.3 is 4.90 Å². The zero-order chi connectivity index (χ0) is 17.8. The summed E-state index contributed by atoms with van der Waals surface area (Å²) in [4.78, 5) is 26.9. The van der Waals surface area contributed by atoms with Gasteiger partial charge in [-0.1, -0.05) is 23.7 Å². The molecule has 0 aromatic heterocycles. The van der Waals surface area contributed by atoms with Crippen LogP contribution in [0.25, 0.3) is 0 Å². The molecule has 1 fully saturated rings. The third-order valence-corrected chi connectivity index (χ3v) is 4.79. The summed E-state index contributed by atoms with van der Waals surface area (Å²) >= 11 is 5.87. The molecule has 5 heteroatoms. The van der Waals surface area contributed by atoms with E-state index in [9.17, 15) is 14.0 Å². The molecule has 1 aliphatic heterocycles. The molecule has 0 aliphatic carbocycles. The Morgan fingerprint density at radius 1 is 1.08 bits per heavy atom. The van der Waals surface area contributed by atoms with Crippen LogP contribution in [-0.4, -0.2) is 29.7 Å². The molecule has 1 saturated heterocycles. The van der Waals surface area contributed by atoms with Crippen molar-refractivity contribution in [1.82, 2.24) is 4.90 Å². The molecule has 3 rings (SSSR count). The van der Waals surface area contributed by atoms with Crippen LogP contribution in [0, 0.1) is 11.7 Å². The molecule has 2 aromatic carbocycles. The summed E-state index contributed by atoms with van der Waals surface area (Å²) in [6.07, 6.45) is 1.81. The minimum atomic E-state index is -0.317. The highest BCUT2D eigenvalue weighted by atomic mass is 35.5. The van der Waals surface area contributed by atoms with Gasteiger partial charge >= 0.3 is 0 Å². The molecular formula is C20H19ClFNO2. The van der Waals surface area contributed by atoms with Crippen LogP contribution < -0.4 is 0 Å². The van der Waals surface area contributed by atoms with Crippen molar-refractivity contribution < 1.29 is 14.0 Å². The van der Waals surface area contributed by atoms with Gasteiger partial charge in [-0.05, 0) is 54.8 Å². The van der Waals surface area contributed by atoms with E-state index >= 15 is 0 Å². The van der Waals surface area contributed by atoms with Crippen LogP contribution in [0.15, 0.2) is 48.5 Å². The maximum absolute atomic E-state index is 13.0. The van der Waals surface area contributed by atoms with Gasteiger partial charge in [-0.25, -0.2) is 4.39 Å². The van der Waals surface area contributed by atoms with E-state index in [0.717, 1.165) is 18.4 Å². The maximum atomic E-state index is 13.0. The number of ketones is 1. The van der Waals surface area contributed by atoms with E-state index in [1.54, 1.807) is 41.3 Å². The monoisotopic (exact) mass is 359 g/mol. The Labute approximate surface area is 151 Å². The van der Waals surface area contributed by atoms with E-state index < -0.39 is 0 Å². The third kappa shape index (κ3) is 4.45. The molecule has 3 nitrogen and oxygen atoms in total. The van der Waals surface area contributed by atoms with E-state index in [1.165, 1.54) is 12.1 Å². The van der Waals surface area contributed by atoms with Gasteiger partial charge in [0.25, 0.3) is 0 Å². The maximum Gasteiger partial charge on any atom is 0.227 e. The van der Waals surface area contributed by atoms with Crippen molar-refractivity contribution in [3.05, 3.63) is 70.5 Å². The minimum Gasteiger partial charge on any atom is -0.342 e. The fourth-order valence-corrected chi connectivity index (χ4v) is 3.28. The number of likely N-dealkylation sites (tertiary alicyclic amines) is 1. The summed E-state index contributed by atoms with van der Waals surface area (Å²) in [5.41, 5.74) is 1.40. The van der Waals surface area contributed by atoms with Gasteiger partial charge in [-0.15, -0.1) is 0 Å². The van der Waals surface area contributed by atoms with Gasteiger partial charge in [0.2, 0.25) is 5.91 Å². The normalized spacial score (nSPS) is 17.4. The smallest absolute Gasteiger partial charge is 0.227 e. The number of rotatable bonds is 4. The summed E-state index contributed by atoms with van der Waals surface area (Å²) in [5.74, 6) is -0.481. The predicted octanol–water partition coefficient (Wildman–Crippen LogP) is 4.14. The van der Waals surface area contributed by atoms with Gasteiger partial charge in [0.05, 0.1) is 6.42 Å². The number of benzene rings is 2. The summed E-state index contributed by atoms with van der Waals surface area (Å²) < 4.78 is 13.0. The number of halogens is 2. The number of carbonyl (C=O) groups excluding carboxylic acids is 2. The first-order valence-corrected chi connectivity index (χ1v) is 8.73.